The molecule has 2 heteroatoms. The van der Waals surface area contributed by atoms with Crippen molar-refractivity contribution in [1.82, 2.24) is 0 Å². The molecule has 0 rings (SSSR count). The maximum absolute atomic E-state index is 3.49. The Morgan fingerprint density at radius 3 is 0.950 bits per heavy atom. The average molecular weight is 414 g/mol. The summed E-state index contributed by atoms with van der Waals surface area (Å²) in [6.07, 6.45) is 23.3. The molecule has 0 saturated carbocycles. The van der Waals surface area contributed by atoms with Crippen LogP contribution >= 0.6 is 32.9 Å². The van der Waals surface area contributed by atoms with Crippen LogP contribution < -0.4 is 0 Å². The van der Waals surface area contributed by atoms with E-state index in [1.807, 2.05) is 0 Å². The molecule has 0 aliphatic heterocycles. The van der Waals surface area contributed by atoms with Crippen molar-refractivity contribution < 1.29 is 0 Å². The number of hydrogen-bond donors (Lipinski definition) is 0. The van der Waals surface area contributed by atoms with Gasteiger partial charge in [-0.25, -0.2) is 0 Å². The van der Waals surface area contributed by atoms with E-state index in [1.165, 1.54) is 108 Å². The van der Waals surface area contributed by atoms with Crippen LogP contribution in [0.5, 0.6) is 0 Å². The summed E-state index contributed by atoms with van der Waals surface area (Å²) in [6.45, 7) is 2.29. The van der Waals surface area contributed by atoms with Crippen LogP contribution in [0.3, 0.4) is 0 Å². The average Bonchev–Trinajstić information content (AvgIpc) is 2.43. The second-order valence-electron chi connectivity index (χ2n) is 5.99. The van der Waals surface area contributed by atoms with Crippen LogP contribution in [-0.4, -0.2) is 5.33 Å². The van der Waals surface area contributed by atoms with E-state index in [-0.39, 0.29) is 17.0 Å². The molecule has 0 fully saturated rings. The fourth-order valence-corrected chi connectivity index (χ4v) is 3.04. The molecule has 0 unspecified atom stereocenters. The predicted octanol–water partition coefficient (Wildman–Crippen LogP) is 8.22. The SMILES string of the molecule is Br.CCCCCCCCCCCCCCCCCCBr. The van der Waals surface area contributed by atoms with Gasteiger partial charge < -0.3 is 0 Å². The minimum Gasteiger partial charge on any atom is -0.114 e. The predicted molar refractivity (Wildman–Crippen MR) is 104 cm³/mol. The first-order valence-corrected chi connectivity index (χ1v) is 10.1. The lowest BCUT2D eigenvalue weighted by Crippen LogP contribution is -1.83. The van der Waals surface area contributed by atoms with Crippen molar-refractivity contribution in [3.05, 3.63) is 0 Å². The van der Waals surface area contributed by atoms with Gasteiger partial charge >= 0.3 is 0 Å². The summed E-state index contributed by atoms with van der Waals surface area (Å²) in [6, 6.07) is 0. The monoisotopic (exact) mass is 412 g/mol. The van der Waals surface area contributed by atoms with E-state index >= 15 is 0 Å². The van der Waals surface area contributed by atoms with Gasteiger partial charge in [0.15, 0.2) is 0 Å². The Hall–Kier alpha value is 0.960. The molecule has 0 aromatic rings. The topological polar surface area (TPSA) is 0 Å². The third-order valence-electron chi connectivity index (χ3n) is 3.99. The molecule has 124 valence electrons. The first-order chi connectivity index (χ1) is 9.41. The first kappa shape index (κ1) is 23.2. The summed E-state index contributed by atoms with van der Waals surface area (Å²) in [7, 11) is 0. The van der Waals surface area contributed by atoms with Gasteiger partial charge in [-0.1, -0.05) is 119 Å². The molecule has 0 aliphatic rings. The highest BCUT2D eigenvalue weighted by molar-refractivity contribution is 9.09. The zero-order valence-corrected chi connectivity index (χ0v) is 17.1. The maximum Gasteiger partial charge on any atom is 0.00313 e. The smallest absolute Gasteiger partial charge is 0.00313 e. The summed E-state index contributed by atoms with van der Waals surface area (Å²) < 4.78 is 0. The zero-order chi connectivity index (χ0) is 14.0. The van der Waals surface area contributed by atoms with Crippen LogP contribution in [0.15, 0.2) is 0 Å². The van der Waals surface area contributed by atoms with E-state index in [2.05, 4.69) is 22.9 Å². The fourth-order valence-electron chi connectivity index (χ4n) is 2.64. The minimum absolute atomic E-state index is 0. The Balaban J connectivity index is 0. The van der Waals surface area contributed by atoms with Gasteiger partial charge in [-0.2, -0.15) is 0 Å². The molecule has 0 aromatic heterocycles. The van der Waals surface area contributed by atoms with E-state index in [1.54, 1.807) is 0 Å². The van der Waals surface area contributed by atoms with Crippen molar-refractivity contribution in [1.29, 1.82) is 0 Å². The second-order valence-corrected chi connectivity index (χ2v) is 6.79. The largest absolute Gasteiger partial charge is 0.114 e. The lowest BCUT2D eigenvalue weighted by molar-refractivity contribution is 0.532. The standard InChI is InChI=1S/C18H37Br.BrH/c1-2-3-4-5-6-7-8-9-10-11-12-13-14-15-16-17-18-19;/h2-18H2,1H3;1H. The molecule has 20 heavy (non-hydrogen) atoms. The van der Waals surface area contributed by atoms with Crippen molar-refractivity contribution in [2.75, 3.05) is 5.33 Å². The highest BCUT2D eigenvalue weighted by Gasteiger charge is 1.94. The van der Waals surface area contributed by atoms with Crippen LogP contribution in [0.4, 0.5) is 0 Å². The summed E-state index contributed by atoms with van der Waals surface area (Å²) in [5, 5.41) is 1.19. The Bertz CT molecular complexity index is 132. The van der Waals surface area contributed by atoms with E-state index in [4.69, 9.17) is 0 Å². The summed E-state index contributed by atoms with van der Waals surface area (Å²) in [5.41, 5.74) is 0. The van der Waals surface area contributed by atoms with E-state index in [0.717, 1.165) is 0 Å². The van der Waals surface area contributed by atoms with Crippen molar-refractivity contribution in [3.8, 4) is 0 Å². The molecule has 0 N–H and O–H groups in total. The molecular weight excluding hydrogens is 376 g/mol. The molecule has 0 heterocycles. The van der Waals surface area contributed by atoms with Crippen LogP contribution in [0.2, 0.25) is 0 Å². The molecule has 0 atom stereocenters. The van der Waals surface area contributed by atoms with Gasteiger partial charge in [0.05, 0.1) is 0 Å². The highest BCUT2D eigenvalue weighted by Crippen LogP contribution is 2.13. The van der Waals surface area contributed by atoms with Gasteiger partial charge in [-0.05, 0) is 6.42 Å². The first-order valence-electron chi connectivity index (χ1n) is 8.97. The number of unbranched alkanes of at least 4 members (excludes halogenated alkanes) is 15. The maximum atomic E-state index is 3.49. The molecular formula is C18H38Br2. The van der Waals surface area contributed by atoms with E-state index < -0.39 is 0 Å². The Morgan fingerprint density at radius 1 is 0.450 bits per heavy atom. The van der Waals surface area contributed by atoms with Crippen molar-refractivity contribution in [2.45, 2.75) is 110 Å². The quantitative estimate of drug-likeness (QED) is 0.176. The molecule has 0 bridgehead atoms. The zero-order valence-electron chi connectivity index (χ0n) is 13.8. The van der Waals surface area contributed by atoms with Crippen LogP contribution in [0.1, 0.15) is 110 Å². The highest BCUT2D eigenvalue weighted by atomic mass is 79.9. The van der Waals surface area contributed by atoms with Crippen LogP contribution in [0, 0.1) is 0 Å². The van der Waals surface area contributed by atoms with Gasteiger partial charge in [-0.15, -0.1) is 17.0 Å². The fraction of sp³-hybridized carbons (Fsp3) is 1.00. The molecule has 0 radical (unpaired) electrons. The third-order valence-corrected chi connectivity index (χ3v) is 4.55. The lowest BCUT2D eigenvalue weighted by Gasteiger charge is -2.03. The molecule has 0 nitrogen and oxygen atoms in total. The van der Waals surface area contributed by atoms with Gasteiger partial charge in [0, 0.05) is 5.33 Å². The summed E-state index contributed by atoms with van der Waals surface area (Å²) in [5.74, 6) is 0. The molecule has 0 amide bonds. The normalized spacial score (nSPS) is 10.5. The Labute approximate surface area is 147 Å². The number of alkyl halides is 1. The van der Waals surface area contributed by atoms with Crippen molar-refractivity contribution >= 4 is 32.9 Å². The van der Waals surface area contributed by atoms with Crippen molar-refractivity contribution in [3.63, 3.8) is 0 Å². The van der Waals surface area contributed by atoms with Crippen molar-refractivity contribution in [2.24, 2.45) is 0 Å². The molecule has 0 aromatic carbocycles. The number of rotatable bonds is 16. The van der Waals surface area contributed by atoms with E-state index in [0.29, 0.717) is 0 Å². The molecule has 0 spiro atoms. The van der Waals surface area contributed by atoms with Gasteiger partial charge in [0.2, 0.25) is 0 Å². The number of halogens is 2. The number of hydrogen-bond acceptors (Lipinski definition) is 0. The Morgan fingerprint density at radius 2 is 0.700 bits per heavy atom. The lowest BCUT2D eigenvalue weighted by atomic mass is 10.0. The summed E-state index contributed by atoms with van der Waals surface area (Å²) >= 11 is 3.49. The van der Waals surface area contributed by atoms with E-state index in [9.17, 15) is 0 Å². The third kappa shape index (κ3) is 21.3. The summed E-state index contributed by atoms with van der Waals surface area (Å²) in [4.78, 5) is 0. The van der Waals surface area contributed by atoms with Gasteiger partial charge in [0.1, 0.15) is 0 Å². The minimum atomic E-state index is 0. The van der Waals surface area contributed by atoms with Crippen LogP contribution in [-0.2, 0) is 0 Å². The molecule has 0 aliphatic carbocycles. The Kier molecular flexibility index (Phi) is 25.8. The molecule has 0 saturated heterocycles. The van der Waals surface area contributed by atoms with Crippen LogP contribution in [0.25, 0.3) is 0 Å². The second kappa shape index (κ2) is 22.2. The van der Waals surface area contributed by atoms with Gasteiger partial charge in [-0.3, -0.25) is 0 Å². The van der Waals surface area contributed by atoms with Gasteiger partial charge in [0.25, 0.3) is 0 Å².